The molecule has 0 unspecified atom stereocenters. The largest absolute Gasteiger partial charge is 0.497 e. The fourth-order valence-corrected chi connectivity index (χ4v) is 3.09. The Morgan fingerprint density at radius 1 is 0.812 bits per heavy atom. The van der Waals surface area contributed by atoms with Gasteiger partial charge in [-0.1, -0.05) is 17.7 Å². The number of carbonyl (C=O) groups is 2. The molecule has 0 atom stereocenters. The van der Waals surface area contributed by atoms with Crippen molar-refractivity contribution in [2.75, 3.05) is 31.5 Å². The maximum absolute atomic E-state index is 12.7. The van der Waals surface area contributed by atoms with E-state index >= 15 is 0 Å². The van der Waals surface area contributed by atoms with Crippen LogP contribution in [0.4, 0.5) is 11.4 Å². The average Bonchev–Trinajstić information content (AvgIpc) is 2.79. The van der Waals surface area contributed by atoms with Gasteiger partial charge in [-0.3, -0.25) is 9.59 Å². The van der Waals surface area contributed by atoms with Crippen LogP contribution in [0.5, 0.6) is 17.2 Å². The number of anilines is 2. The predicted molar refractivity (Wildman–Crippen MR) is 124 cm³/mol. The van der Waals surface area contributed by atoms with Crippen LogP contribution in [0.25, 0.3) is 0 Å². The van der Waals surface area contributed by atoms with Crippen LogP contribution in [0.15, 0.2) is 60.7 Å². The smallest absolute Gasteiger partial charge is 0.262 e. The van der Waals surface area contributed by atoms with Crippen LogP contribution < -0.4 is 24.8 Å². The fraction of sp³-hybridized carbons (Fsp3) is 0.200. The second-order valence-corrected chi connectivity index (χ2v) is 7.20. The lowest BCUT2D eigenvalue weighted by molar-refractivity contribution is -0.118. The van der Waals surface area contributed by atoms with E-state index in [0.717, 1.165) is 16.8 Å². The summed E-state index contributed by atoms with van der Waals surface area (Å²) in [6, 6.07) is 17.6. The van der Waals surface area contributed by atoms with E-state index < -0.39 is 0 Å². The second-order valence-electron chi connectivity index (χ2n) is 7.20. The highest BCUT2D eigenvalue weighted by molar-refractivity contribution is 6.05. The SMILES string of the molecule is COc1ccc(NC(=O)COc2ccc(C(=O)Nc3ccc(C)cc3C)cc2OC)cc1. The van der Waals surface area contributed by atoms with Gasteiger partial charge in [0.25, 0.3) is 11.8 Å². The molecule has 0 aliphatic rings. The Morgan fingerprint density at radius 3 is 2.22 bits per heavy atom. The first-order chi connectivity index (χ1) is 15.4. The highest BCUT2D eigenvalue weighted by Crippen LogP contribution is 2.29. The molecule has 0 saturated carbocycles. The molecule has 3 aromatic carbocycles. The molecule has 7 heteroatoms. The van der Waals surface area contributed by atoms with E-state index in [9.17, 15) is 9.59 Å². The van der Waals surface area contributed by atoms with Gasteiger partial charge in [-0.05, 0) is 67.9 Å². The van der Waals surface area contributed by atoms with E-state index in [1.54, 1.807) is 49.6 Å². The van der Waals surface area contributed by atoms with Crippen molar-refractivity contribution in [1.82, 2.24) is 0 Å². The Morgan fingerprint density at radius 2 is 1.56 bits per heavy atom. The number of rotatable bonds is 8. The molecule has 0 heterocycles. The summed E-state index contributed by atoms with van der Waals surface area (Å²) in [5.74, 6) is 0.828. The number of carbonyl (C=O) groups excluding carboxylic acids is 2. The van der Waals surface area contributed by atoms with Crippen molar-refractivity contribution in [1.29, 1.82) is 0 Å². The molecule has 32 heavy (non-hydrogen) atoms. The van der Waals surface area contributed by atoms with Crippen LogP contribution in [-0.4, -0.2) is 32.6 Å². The first kappa shape index (κ1) is 22.7. The molecule has 0 fully saturated rings. The molecule has 7 nitrogen and oxygen atoms in total. The Bertz CT molecular complexity index is 1110. The topological polar surface area (TPSA) is 85.9 Å². The molecule has 3 rings (SSSR count). The highest BCUT2D eigenvalue weighted by atomic mass is 16.5. The van der Waals surface area contributed by atoms with Crippen molar-refractivity contribution in [3.8, 4) is 17.2 Å². The van der Waals surface area contributed by atoms with Crippen LogP contribution in [0.3, 0.4) is 0 Å². The van der Waals surface area contributed by atoms with Crippen molar-refractivity contribution in [2.45, 2.75) is 13.8 Å². The Labute approximate surface area is 187 Å². The molecule has 166 valence electrons. The van der Waals surface area contributed by atoms with Crippen LogP contribution in [-0.2, 0) is 4.79 Å². The lowest BCUT2D eigenvalue weighted by Crippen LogP contribution is -2.20. The molecule has 0 aliphatic carbocycles. The van der Waals surface area contributed by atoms with Crippen molar-refractivity contribution >= 4 is 23.2 Å². The average molecular weight is 434 g/mol. The van der Waals surface area contributed by atoms with Crippen molar-refractivity contribution in [2.24, 2.45) is 0 Å². The summed E-state index contributed by atoms with van der Waals surface area (Å²) in [5, 5.41) is 5.64. The molecular formula is C25H26N2O5. The molecule has 2 amide bonds. The van der Waals surface area contributed by atoms with E-state index in [2.05, 4.69) is 10.6 Å². The third kappa shape index (κ3) is 5.78. The number of benzene rings is 3. The van der Waals surface area contributed by atoms with Crippen LogP contribution >= 0.6 is 0 Å². The quantitative estimate of drug-likeness (QED) is 0.542. The van der Waals surface area contributed by atoms with Gasteiger partial charge in [0.15, 0.2) is 18.1 Å². The monoisotopic (exact) mass is 434 g/mol. The lowest BCUT2D eigenvalue weighted by atomic mass is 10.1. The van der Waals surface area contributed by atoms with Crippen molar-refractivity contribution < 1.29 is 23.8 Å². The van der Waals surface area contributed by atoms with Crippen LogP contribution in [0.2, 0.25) is 0 Å². The van der Waals surface area contributed by atoms with E-state index in [4.69, 9.17) is 14.2 Å². The molecule has 3 aromatic rings. The predicted octanol–water partition coefficient (Wildman–Crippen LogP) is 4.59. The first-order valence-electron chi connectivity index (χ1n) is 10.0. The zero-order valence-corrected chi connectivity index (χ0v) is 18.5. The van der Waals surface area contributed by atoms with Crippen LogP contribution in [0, 0.1) is 13.8 Å². The van der Waals surface area contributed by atoms with E-state index in [-0.39, 0.29) is 18.4 Å². The van der Waals surface area contributed by atoms with Gasteiger partial charge in [0.1, 0.15) is 5.75 Å². The molecular weight excluding hydrogens is 408 g/mol. The number of amides is 2. The fourth-order valence-electron chi connectivity index (χ4n) is 3.09. The summed E-state index contributed by atoms with van der Waals surface area (Å²) >= 11 is 0. The molecule has 0 aliphatic heterocycles. The van der Waals surface area contributed by atoms with E-state index in [1.807, 2.05) is 32.0 Å². The number of aryl methyl sites for hydroxylation is 2. The summed E-state index contributed by atoms with van der Waals surface area (Å²) in [4.78, 5) is 24.9. The van der Waals surface area contributed by atoms with Crippen LogP contribution in [0.1, 0.15) is 21.5 Å². The Balaban J connectivity index is 1.62. The third-order valence-electron chi connectivity index (χ3n) is 4.79. The van der Waals surface area contributed by atoms with Gasteiger partial charge in [-0.25, -0.2) is 0 Å². The number of ether oxygens (including phenoxy) is 3. The summed E-state index contributed by atoms with van der Waals surface area (Å²) in [7, 11) is 3.05. The molecule has 0 spiro atoms. The molecule has 0 saturated heterocycles. The summed E-state index contributed by atoms with van der Waals surface area (Å²) in [5.41, 5.74) is 3.89. The van der Waals surface area contributed by atoms with Gasteiger partial charge in [-0.2, -0.15) is 0 Å². The standard InChI is InChI=1S/C25H26N2O5/c1-16-5-11-21(17(2)13-16)27-25(29)18-6-12-22(23(14-18)31-4)32-15-24(28)26-19-7-9-20(30-3)10-8-19/h5-14H,15H2,1-4H3,(H,26,28)(H,27,29). The molecule has 0 aromatic heterocycles. The summed E-state index contributed by atoms with van der Waals surface area (Å²) in [6.07, 6.45) is 0. The summed E-state index contributed by atoms with van der Waals surface area (Å²) < 4.78 is 16.0. The number of methoxy groups -OCH3 is 2. The highest BCUT2D eigenvalue weighted by Gasteiger charge is 2.14. The number of nitrogens with one attached hydrogen (secondary N) is 2. The zero-order valence-electron chi connectivity index (χ0n) is 18.5. The first-order valence-corrected chi connectivity index (χ1v) is 10.0. The van der Waals surface area contributed by atoms with E-state index in [1.165, 1.54) is 7.11 Å². The Kier molecular flexibility index (Phi) is 7.33. The maximum atomic E-state index is 12.7. The number of hydrogen-bond acceptors (Lipinski definition) is 5. The van der Waals surface area contributed by atoms with Gasteiger partial charge in [0.05, 0.1) is 14.2 Å². The van der Waals surface area contributed by atoms with Gasteiger partial charge in [0.2, 0.25) is 0 Å². The van der Waals surface area contributed by atoms with E-state index in [0.29, 0.717) is 28.5 Å². The summed E-state index contributed by atoms with van der Waals surface area (Å²) in [6.45, 7) is 3.73. The Hall–Kier alpha value is -4.00. The van der Waals surface area contributed by atoms with Crippen molar-refractivity contribution in [3.05, 3.63) is 77.4 Å². The zero-order chi connectivity index (χ0) is 23.1. The minimum absolute atomic E-state index is 0.212. The normalized spacial score (nSPS) is 10.2. The maximum Gasteiger partial charge on any atom is 0.262 e. The second kappa shape index (κ2) is 10.3. The number of hydrogen-bond donors (Lipinski definition) is 2. The third-order valence-corrected chi connectivity index (χ3v) is 4.79. The minimum atomic E-state index is -0.325. The van der Waals surface area contributed by atoms with Gasteiger partial charge in [-0.15, -0.1) is 0 Å². The minimum Gasteiger partial charge on any atom is -0.497 e. The van der Waals surface area contributed by atoms with Gasteiger partial charge >= 0.3 is 0 Å². The molecule has 2 N–H and O–H groups in total. The van der Waals surface area contributed by atoms with Gasteiger partial charge < -0.3 is 24.8 Å². The van der Waals surface area contributed by atoms with Crippen molar-refractivity contribution in [3.63, 3.8) is 0 Å². The lowest BCUT2D eigenvalue weighted by Gasteiger charge is -2.13. The molecule has 0 radical (unpaired) electrons. The van der Waals surface area contributed by atoms with Gasteiger partial charge in [0, 0.05) is 16.9 Å². The molecule has 0 bridgehead atoms.